The number of amides is 1. The first-order valence-electron chi connectivity index (χ1n) is 5.10. The summed E-state index contributed by atoms with van der Waals surface area (Å²) in [4.78, 5) is 18.6. The summed E-state index contributed by atoms with van der Waals surface area (Å²) in [6, 6.07) is 0.733. The monoisotopic (exact) mass is 225 g/mol. The number of piperazine rings is 1. The van der Waals surface area contributed by atoms with Crippen LogP contribution >= 0.6 is 11.3 Å². The lowest BCUT2D eigenvalue weighted by Crippen LogP contribution is -2.55. The topological polar surface area (TPSA) is 45.2 Å². The lowest BCUT2D eigenvalue weighted by atomic mass is 10.1. The maximum absolute atomic E-state index is 12.0. The van der Waals surface area contributed by atoms with E-state index in [2.05, 4.69) is 24.1 Å². The van der Waals surface area contributed by atoms with Gasteiger partial charge < -0.3 is 10.2 Å². The molecule has 2 unspecified atom stereocenters. The van der Waals surface area contributed by atoms with Gasteiger partial charge in [-0.1, -0.05) is 0 Å². The van der Waals surface area contributed by atoms with Crippen molar-refractivity contribution < 1.29 is 4.79 Å². The molecule has 1 aromatic heterocycles. The highest BCUT2D eigenvalue weighted by molar-refractivity contribution is 7.11. The molecule has 4 nitrogen and oxygen atoms in total. The Morgan fingerprint density at radius 2 is 2.20 bits per heavy atom. The fraction of sp³-hybridized carbons (Fsp3) is 0.600. The van der Waals surface area contributed by atoms with Crippen LogP contribution in [0.3, 0.4) is 0 Å². The third-order valence-electron chi connectivity index (χ3n) is 2.49. The molecule has 2 heterocycles. The Kier molecular flexibility index (Phi) is 3.02. The first-order chi connectivity index (χ1) is 7.16. The van der Waals surface area contributed by atoms with Gasteiger partial charge in [-0.3, -0.25) is 9.78 Å². The van der Waals surface area contributed by atoms with E-state index in [4.69, 9.17) is 0 Å². The van der Waals surface area contributed by atoms with Gasteiger partial charge in [0.1, 0.15) is 4.88 Å². The second-order valence-electron chi connectivity index (χ2n) is 4.04. The fourth-order valence-electron chi connectivity index (χ4n) is 1.97. The zero-order valence-electron chi connectivity index (χ0n) is 8.93. The van der Waals surface area contributed by atoms with Gasteiger partial charge in [-0.2, -0.15) is 0 Å². The summed E-state index contributed by atoms with van der Waals surface area (Å²) in [6.45, 7) is 5.76. The number of nitrogens with zero attached hydrogens (tertiary/aromatic N) is 2. The number of hydrogen-bond donors (Lipinski definition) is 1. The lowest BCUT2D eigenvalue weighted by Gasteiger charge is -2.35. The largest absolute Gasteiger partial charge is 0.335 e. The van der Waals surface area contributed by atoms with Crippen molar-refractivity contribution in [2.45, 2.75) is 25.9 Å². The Labute approximate surface area is 93.3 Å². The Balaban J connectivity index is 2.07. The molecular formula is C10H15N3OS. The molecule has 15 heavy (non-hydrogen) atoms. The third-order valence-corrected chi connectivity index (χ3v) is 3.25. The van der Waals surface area contributed by atoms with Gasteiger partial charge in [0.2, 0.25) is 0 Å². The lowest BCUT2D eigenvalue weighted by molar-refractivity contribution is 0.0678. The highest BCUT2D eigenvalue weighted by Gasteiger charge is 2.25. The molecule has 1 amide bonds. The van der Waals surface area contributed by atoms with E-state index < -0.39 is 0 Å². The Bertz CT molecular complexity index is 328. The number of carbonyl (C=O) groups is 1. The van der Waals surface area contributed by atoms with E-state index in [9.17, 15) is 4.79 Å². The van der Waals surface area contributed by atoms with Crippen LogP contribution in [0.4, 0.5) is 0 Å². The summed E-state index contributed by atoms with van der Waals surface area (Å²) in [5.41, 5.74) is 1.70. The second-order valence-corrected chi connectivity index (χ2v) is 4.93. The summed E-state index contributed by atoms with van der Waals surface area (Å²) in [5.74, 6) is 0.109. The smallest absolute Gasteiger partial charge is 0.265 e. The molecule has 0 aromatic carbocycles. The van der Waals surface area contributed by atoms with Crippen molar-refractivity contribution in [1.29, 1.82) is 0 Å². The molecule has 0 radical (unpaired) electrons. The van der Waals surface area contributed by atoms with Crippen molar-refractivity contribution in [2.75, 3.05) is 13.1 Å². The molecule has 0 bridgehead atoms. The SMILES string of the molecule is CC1CN(C(=O)c2cncs2)CC(C)N1. The van der Waals surface area contributed by atoms with Gasteiger partial charge in [-0.25, -0.2) is 0 Å². The normalized spacial score (nSPS) is 26.7. The molecule has 1 N–H and O–H groups in total. The Morgan fingerprint density at radius 1 is 1.53 bits per heavy atom. The number of aromatic nitrogens is 1. The van der Waals surface area contributed by atoms with Crippen molar-refractivity contribution >= 4 is 17.2 Å². The molecule has 1 aliphatic rings. The summed E-state index contributed by atoms with van der Waals surface area (Å²) in [7, 11) is 0. The molecule has 82 valence electrons. The van der Waals surface area contributed by atoms with Gasteiger partial charge in [-0.15, -0.1) is 11.3 Å². The molecule has 0 spiro atoms. The van der Waals surface area contributed by atoms with Crippen LogP contribution in [-0.2, 0) is 0 Å². The van der Waals surface area contributed by atoms with Crippen molar-refractivity contribution in [2.24, 2.45) is 0 Å². The Morgan fingerprint density at radius 3 is 2.73 bits per heavy atom. The molecule has 1 aliphatic heterocycles. The van der Waals surface area contributed by atoms with E-state index in [1.54, 1.807) is 11.7 Å². The van der Waals surface area contributed by atoms with E-state index in [0.29, 0.717) is 12.1 Å². The molecule has 1 aromatic rings. The van der Waals surface area contributed by atoms with Gasteiger partial charge in [0.25, 0.3) is 5.91 Å². The minimum absolute atomic E-state index is 0.109. The second kappa shape index (κ2) is 4.28. The third kappa shape index (κ3) is 2.35. The van der Waals surface area contributed by atoms with E-state index in [1.165, 1.54) is 11.3 Å². The maximum Gasteiger partial charge on any atom is 0.265 e. The predicted molar refractivity (Wildman–Crippen MR) is 60.1 cm³/mol. The quantitative estimate of drug-likeness (QED) is 0.774. The molecule has 2 rings (SSSR count). The number of rotatable bonds is 1. The maximum atomic E-state index is 12.0. The van der Waals surface area contributed by atoms with E-state index in [1.807, 2.05) is 4.90 Å². The van der Waals surface area contributed by atoms with Crippen molar-refractivity contribution in [3.8, 4) is 0 Å². The standard InChI is InChI=1S/C10H15N3OS/c1-7-4-13(5-8(2)12-7)10(14)9-3-11-6-15-9/h3,6-8,12H,4-5H2,1-2H3. The van der Waals surface area contributed by atoms with Crippen LogP contribution < -0.4 is 5.32 Å². The summed E-state index contributed by atoms with van der Waals surface area (Å²) >= 11 is 1.40. The van der Waals surface area contributed by atoms with Gasteiger partial charge in [0.15, 0.2) is 0 Å². The van der Waals surface area contributed by atoms with Crippen molar-refractivity contribution in [3.05, 3.63) is 16.6 Å². The molecule has 1 saturated heterocycles. The number of thiazole rings is 1. The van der Waals surface area contributed by atoms with Gasteiger partial charge >= 0.3 is 0 Å². The highest BCUT2D eigenvalue weighted by atomic mass is 32.1. The van der Waals surface area contributed by atoms with Crippen LogP contribution in [-0.4, -0.2) is 41.0 Å². The average Bonchev–Trinajstić information content (AvgIpc) is 2.67. The number of carbonyl (C=O) groups excluding carboxylic acids is 1. The van der Waals surface area contributed by atoms with Gasteiger partial charge in [-0.05, 0) is 13.8 Å². The molecule has 0 aliphatic carbocycles. The zero-order valence-corrected chi connectivity index (χ0v) is 9.75. The Hall–Kier alpha value is -0.940. The van der Waals surface area contributed by atoms with E-state index in [0.717, 1.165) is 18.0 Å². The number of nitrogens with one attached hydrogen (secondary N) is 1. The van der Waals surface area contributed by atoms with Gasteiger partial charge in [0.05, 0.1) is 11.7 Å². The molecular weight excluding hydrogens is 210 g/mol. The molecule has 5 heteroatoms. The summed E-state index contributed by atoms with van der Waals surface area (Å²) < 4.78 is 0. The fourth-order valence-corrected chi connectivity index (χ4v) is 2.56. The predicted octanol–water partition coefficient (Wildman–Crippen LogP) is 0.966. The van der Waals surface area contributed by atoms with Crippen LogP contribution in [0.25, 0.3) is 0 Å². The minimum Gasteiger partial charge on any atom is -0.335 e. The minimum atomic E-state index is 0.109. The van der Waals surface area contributed by atoms with E-state index >= 15 is 0 Å². The van der Waals surface area contributed by atoms with E-state index in [-0.39, 0.29) is 5.91 Å². The van der Waals surface area contributed by atoms with Crippen LogP contribution in [0.5, 0.6) is 0 Å². The molecule has 2 atom stereocenters. The van der Waals surface area contributed by atoms with Crippen molar-refractivity contribution in [3.63, 3.8) is 0 Å². The number of hydrogen-bond acceptors (Lipinski definition) is 4. The molecule has 0 saturated carbocycles. The molecule has 1 fully saturated rings. The average molecular weight is 225 g/mol. The van der Waals surface area contributed by atoms with Crippen molar-refractivity contribution in [1.82, 2.24) is 15.2 Å². The van der Waals surface area contributed by atoms with Crippen LogP contribution in [0, 0.1) is 0 Å². The summed E-state index contributed by atoms with van der Waals surface area (Å²) in [5, 5.41) is 3.40. The van der Waals surface area contributed by atoms with Crippen LogP contribution in [0.15, 0.2) is 11.7 Å². The zero-order chi connectivity index (χ0) is 10.8. The van der Waals surface area contributed by atoms with Crippen LogP contribution in [0.1, 0.15) is 23.5 Å². The summed E-state index contributed by atoms with van der Waals surface area (Å²) in [6.07, 6.45) is 1.64. The first kappa shape index (κ1) is 10.6. The van der Waals surface area contributed by atoms with Crippen LogP contribution in [0.2, 0.25) is 0 Å². The first-order valence-corrected chi connectivity index (χ1v) is 5.98. The highest BCUT2D eigenvalue weighted by Crippen LogP contribution is 2.13. The van der Waals surface area contributed by atoms with Gasteiger partial charge in [0, 0.05) is 25.2 Å².